The van der Waals surface area contributed by atoms with E-state index in [1.807, 2.05) is 13.8 Å². The average Bonchev–Trinajstić information content (AvgIpc) is 2.99. The van der Waals surface area contributed by atoms with Crippen LogP contribution >= 0.6 is 0 Å². The number of hydrazine groups is 1. The van der Waals surface area contributed by atoms with Gasteiger partial charge in [0.2, 0.25) is 5.95 Å². The third-order valence-corrected chi connectivity index (χ3v) is 6.01. The number of nitrogens with one attached hydrogen (secondary N) is 3. The number of aliphatic imine (C=N–C) groups is 1. The number of amides is 1. The molecule has 1 amide bonds. The molecule has 226 valence electrons. The molecular formula is C29H30F4N8O2. The van der Waals surface area contributed by atoms with Crippen molar-refractivity contribution in [1.29, 1.82) is 0 Å². The maximum absolute atomic E-state index is 14.2. The van der Waals surface area contributed by atoms with Crippen molar-refractivity contribution < 1.29 is 27.1 Å². The van der Waals surface area contributed by atoms with E-state index >= 15 is 0 Å². The number of aromatic nitrogens is 3. The van der Waals surface area contributed by atoms with Crippen LogP contribution in [-0.2, 0) is 10.9 Å². The van der Waals surface area contributed by atoms with Gasteiger partial charge < -0.3 is 15.0 Å². The number of halogens is 4. The molecule has 1 aliphatic rings. The minimum atomic E-state index is -4.59. The normalized spacial score (nSPS) is 14.0. The second kappa shape index (κ2) is 13.9. The highest BCUT2D eigenvalue weighted by atomic mass is 19.4. The first-order valence-electron chi connectivity index (χ1n) is 13.2. The molecule has 10 nitrogen and oxygen atoms in total. The Morgan fingerprint density at radius 2 is 1.81 bits per heavy atom. The summed E-state index contributed by atoms with van der Waals surface area (Å²) in [5, 5.41) is 2.91. The van der Waals surface area contributed by atoms with Crippen LogP contribution in [0.2, 0.25) is 0 Å². The second-order valence-electron chi connectivity index (χ2n) is 9.58. The summed E-state index contributed by atoms with van der Waals surface area (Å²) in [6, 6.07) is 6.45. The summed E-state index contributed by atoms with van der Waals surface area (Å²) in [7, 11) is 0. The van der Waals surface area contributed by atoms with Crippen LogP contribution in [0, 0.1) is 5.82 Å². The van der Waals surface area contributed by atoms with E-state index in [1.54, 1.807) is 30.0 Å². The van der Waals surface area contributed by atoms with Gasteiger partial charge in [0.1, 0.15) is 5.69 Å². The molecule has 14 heteroatoms. The van der Waals surface area contributed by atoms with E-state index in [1.165, 1.54) is 24.5 Å². The first-order valence-corrected chi connectivity index (χ1v) is 13.2. The van der Waals surface area contributed by atoms with Crippen LogP contribution in [0.25, 0.3) is 5.70 Å². The average molecular weight is 599 g/mol. The molecule has 0 saturated carbocycles. The summed E-state index contributed by atoms with van der Waals surface area (Å²) in [6.07, 6.45) is 2.64. The number of allylic oxidation sites excluding steroid dienone is 3. The smallest absolute Gasteiger partial charge is 0.378 e. The molecule has 4 rings (SSSR count). The lowest BCUT2D eigenvalue weighted by Gasteiger charge is -2.28. The molecule has 3 N–H and O–H groups in total. The molecule has 1 aromatic carbocycles. The van der Waals surface area contributed by atoms with Gasteiger partial charge in [-0.1, -0.05) is 11.6 Å². The van der Waals surface area contributed by atoms with Gasteiger partial charge in [-0.25, -0.2) is 14.4 Å². The van der Waals surface area contributed by atoms with Crippen molar-refractivity contribution in [1.82, 2.24) is 20.4 Å². The second-order valence-corrected chi connectivity index (χ2v) is 9.58. The minimum Gasteiger partial charge on any atom is -0.378 e. The lowest BCUT2D eigenvalue weighted by atomic mass is 10.0. The van der Waals surface area contributed by atoms with E-state index in [2.05, 4.69) is 36.1 Å². The number of carbonyl (C=O) groups is 1. The molecule has 0 bridgehead atoms. The van der Waals surface area contributed by atoms with Gasteiger partial charge in [0.25, 0.3) is 5.91 Å². The standard InChI is InChI=1S/C29H30F4N8O2/c1-4-34-24(7-5-18(2)3)19-13-20(29(31,32)33)15-22(14-19)37-21-6-8-25(35-16-21)27(42)39-40-28-36-17-23(30)26(38-28)41-9-11-43-12-10-41/h4-8,13-17,37H,9-12H2,1-3H3,(H,39,42)(H,36,38,40)/b24-7-,34-4?. The molecule has 3 heterocycles. The predicted octanol–water partition coefficient (Wildman–Crippen LogP) is 5.76. The lowest BCUT2D eigenvalue weighted by Crippen LogP contribution is -2.38. The summed E-state index contributed by atoms with van der Waals surface area (Å²) in [4.78, 5) is 30.6. The molecule has 1 fully saturated rings. The number of nitrogens with zero attached hydrogens (tertiary/aromatic N) is 5. The predicted molar refractivity (Wildman–Crippen MR) is 157 cm³/mol. The fourth-order valence-corrected chi connectivity index (χ4v) is 3.97. The van der Waals surface area contributed by atoms with Crippen molar-refractivity contribution in [2.75, 3.05) is 41.9 Å². The van der Waals surface area contributed by atoms with Crippen LogP contribution in [0.3, 0.4) is 0 Å². The van der Waals surface area contributed by atoms with Crippen molar-refractivity contribution in [3.05, 3.63) is 83.1 Å². The number of anilines is 4. The molecule has 3 aromatic rings. The Balaban J connectivity index is 1.47. The third-order valence-electron chi connectivity index (χ3n) is 6.01. The fraction of sp³-hybridized carbons (Fsp3) is 0.276. The number of ether oxygens (including phenoxy) is 1. The number of benzene rings is 1. The van der Waals surface area contributed by atoms with Crippen LogP contribution < -0.4 is 21.1 Å². The van der Waals surface area contributed by atoms with Crippen molar-refractivity contribution in [3.63, 3.8) is 0 Å². The molecule has 0 radical (unpaired) electrons. The van der Waals surface area contributed by atoms with Crippen molar-refractivity contribution in [2.24, 2.45) is 4.99 Å². The largest absolute Gasteiger partial charge is 0.416 e. The summed E-state index contributed by atoms with van der Waals surface area (Å²) < 4.78 is 60.7. The van der Waals surface area contributed by atoms with Gasteiger partial charge in [-0.15, -0.1) is 0 Å². The van der Waals surface area contributed by atoms with Crippen LogP contribution in [-0.4, -0.2) is 53.4 Å². The van der Waals surface area contributed by atoms with Crippen LogP contribution in [0.5, 0.6) is 0 Å². The molecule has 43 heavy (non-hydrogen) atoms. The maximum atomic E-state index is 14.2. The zero-order valence-corrected chi connectivity index (χ0v) is 23.7. The molecule has 0 atom stereocenters. The molecular weight excluding hydrogens is 568 g/mol. The van der Waals surface area contributed by atoms with E-state index in [4.69, 9.17) is 4.74 Å². The fourth-order valence-electron chi connectivity index (χ4n) is 3.97. The van der Waals surface area contributed by atoms with E-state index in [9.17, 15) is 22.4 Å². The van der Waals surface area contributed by atoms with E-state index < -0.39 is 23.5 Å². The lowest BCUT2D eigenvalue weighted by molar-refractivity contribution is -0.137. The number of rotatable bonds is 9. The first kappa shape index (κ1) is 31.1. The Hall–Kier alpha value is -4.85. The third kappa shape index (κ3) is 8.58. The minimum absolute atomic E-state index is 0.00233. The molecule has 0 unspecified atom stereocenters. The Morgan fingerprint density at radius 1 is 1.05 bits per heavy atom. The van der Waals surface area contributed by atoms with Crippen LogP contribution in [0.15, 0.2) is 65.4 Å². The number of pyridine rings is 1. The highest BCUT2D eigenvalue weighted by molar-refractivity contribution is 5.93. The summed E-state index contributed by atoms with van der Waals surface area (Å²) in [5.74, 6) is -1.18. The topological polar surface area (TPSA) is 117 Å². The maximum Gasteiger partial charge on any atom is 0.416 e. The Morgan fingerprint density at radius 3 is 2.47 bits per heavy atom. The Bertz CT molecular complexity index is 1530. The van der Waals surface area contributed by atoms with E-state index in [0.29, 0.717) is 37.7 Å². The SMILES string of the molecule is CC=N/C(=C\C=C(C)C)c1cc(Nc2ccc(C(=O)NNc3ncc(F)c(N4CCOCC4)n3)nc2)cc(C(F)(F)F)c1. The van der Waals surface area contributed by atoms with Gasteiger partial charge in [0.15, 0.2) is 11.6 Å². The molecule has 1 saturated heterocycles. The van der Waals surface area contributed by atoms with Crippen molar-refractivity contribution in [2.45, 2.75) is 26.9 Å². The highest BCUT2D eigenvalue weighted by Crippen LogP contribution is 2.35. The van der Waals surface area contributed by atoms with Gasteiger partial charge in [-0.2, -0.15) is 18.2 Å². The molecule has 0 aliphatic carbocycles. The number of carbonyl (C=O) groups excluding carboxylic acids is 1. The summed E-state index contributed by atoms with van der Waals surface area (Å²) in [6.45, 7) is 7.23. The van der Waals surface area contributed by atoms with Gasteiger partial charge in [-0.3, -0.25) is 20.6 Å². The number of morpholine rings is 1. The number of hydrogen-bond acceptors (Lipinski definition) is 9. The summed E-state index contributed by atoms with van der Waals surface area (Å²) in [5.41, 5.74) is 6.18. The molecule has 2 aromatic heterocycles. The molecule has 1 aliphatic heterocycles. The van der Waals surface area contributed by atoms with Gasteiger partial charge in [-0.05, 0) is 57.2 Å². The zero-order chi connectivity index (χ0) is 31.0. The number of alkyl halides is 3. The van der Waals surface area contributed by atoms with Crippen molar-refractivity contribution in [3.8, 4) is 0 Å². The highest BCUT2D eigenvalue weighted by Gasteiger charge is 2.31. The monoisotopic (exact) mass is 598 g/mol. The van der Waals surface area contributed by atoms with Gasteiger partial charge in [0.05, 0.1) is 42.6 Å². The first-order chi connectivity index (χ1) is 20.5. The zero-order valence-electron chi connectivity index (χ0n) is 23.7. The van der Waals surface area contributed by atoms with Crippen molar-refractivity contribution >= 4 is 41.0 Å². The van der Waals surface area contributed by atoms with Crippen LogP contribution in [0.4, 0.5) is 40.7 Å². The Kier molecular flexibility index (Phi) is 10.0. The quantitative estimate of drug-likeness (QED) is 0.123. The van der Waals surface area contributed by atoms with E-state index in [0.717, 1.165) is 23.9 Å². The Labute approximate surface area is 245 Å². The van der Waals surface area contributed by atoms with Crippen LogP contribution in [0.1, 0.15) is 42.4 Å². The molecule has 0 spiro atoms. The summed E-state index contributed by atoms with van der Waals surface area (Å²) >= 11 is 0. The number of hydrogen-bond donors (Lipinski definition) is 3. The van der Waals surface area contributed by atoms with Gasteiger partial charge >= 0.3 is 6.18 Å². The van der Waals surface area contributed by atoms with E-state index in [-0.39, 0.29) is 28.7 Å². The van der Waals surface area contributed by atoms with Gasteiger partial charge in [0, 0.05) is 30.6 Å².